The van der Waals surface area contributed by atoms with Gasteiger partial charge in [-0.25, -0.2) is 8.42 Å². The van der Waals surface area contributed by atoms with Crippen LogP contribution in [0.15, 0.2) is 84.9 Å². The second kappa shape index (κ2) is 14.1. The van der Waals surface area contributed by atoms with Crippen LogP contribution >= 0.6 is 11.6 Å². The first-order valence-electron chi connectivity index (χ1n) is 12.2. The maximum atomic E-state index is 13.9. The van der Waals surface area contributed by atoms with Crippen LogP contribution < -0.4 is 5.32 Å². The quantitative estimate of drug-likeness (QED) is 0.313. The van der Waals surface area contributed by atoms with E-state index in [4.69, 9.17) is 16.7 Å². The van der Waals surface area contributed by atoms with Gasteiger partial charge in [-0.05, 0) is 35.2 Å². The van der Waals surface area contributed by atoms with Crippen LogP contribution in [-0.4, -0.2) is 60.5 Å². The molecule has 1 atom stereocenters. The Kier molecular flexibility index (Phi) is 10.8. The highest BCUT2D eigenvalue weighted by Crippen LogP contribution is 2.25. The van der Waals surface area contributed by atoms with E-state index < -0.39 is 34.4 Å². The maximum absolute atomic E-state index is 13.9. The van der Waals surface area contributed by atoms with E-state index in [1.165, 1.54) is 4.90 Å². The van der Waals surface area contributed by atoms with Crippen molar-refractivity contribution in [2.24, 2.45) is 0 Å². The number of aliphatic hydroxyl groups excluding tert-OH is 1. The van der Waals surface area contributed by atoms with Crippen LogP contribution in [-0.2, 0) is 32.7 Å². The average molecular weight is 558 g/mol. The zero-order valence-corrected chi connectivity index (χ0v) is 22.7. The van der Waals surface area contributed by atoms with Crippen LogP contribution in [0.2, 0.25) is 5.02 Å². The molecule has 3 rings (SSSR count). The second-order valence-electron chi connectivity index (χ2n) is 8.85. The molecular formula is C28H32ClN3O5S. The third kappa shape index (κ3) is 8.66. The fourth-order valence-electron chi connectivity index (χ4n) is 3.92. The number of amides is 2. The molecule has 38 heavy (non-hydrogen) atoms. The predicted octanol–water partition coefficient (Wildman–Crippen LogP) is 3.37. The molecule has 0 unspecified atom stereocenters. The van der Waals surface area contributed by atoms with Gasteiger partial charge in [-0.2, -0.15) is 4.31 Å². The molecule has 0 radical (unpaired) electrons. The lowest BCUT2D eigenvalue weighted by atomic mass is 10.0. The van der Waals surface area contributed by atoms with Crippen molar-refractivity contribution in [1.82, 2.24) is 14.5 Å². The molecule has 3 aromatic rings. The topological polar surface area (TPSA) is 107 Å². The molecule has 0 aromatic heterocycles. The number of sulfonamides is 1. The third-order valence-corrected chi connectivity index (χ3v) is 7.33. The van der Waals surface area contributed by atoms with Gasteiger partial charge in [0.15, 0.2) is 0 Å². The van der Waals surface area contributed by atoms with Gasteiger partial charge in [0.1, 0.15) is 6.04 Å². The molecule has 0 bridgehead atoms. The van der Waals surface area contributed by atoms with E-state index in [-0.39, 0.29) is 26.2 Å². The largest absolute Gasteiger partial charge is 0.396 e. The average Bonchev–Trinajstić information content (AvgIpc) is 2.90. The molecule has 0 saturated heterocycles. The number of aliphatic hydroxyl groups is 1. The van der Waals surface area contributed by atoms with Gasteiger partial charge in [-0.3, -0.25) is 9.59 Å². The highest BCUT2D eigenvalue weighted by Gasteiger charge is 2.33. The smallest absolute Gasteiger partial charge is 0.247 e. The summed E-state index contributed by atoms with van der Waals surface area (Å²) in [4.78, 5) is 28.7. The van der Waals surface area contributed by atoms with Crippen molar-refractivity contribution in [1.29, 1.82) is 0 Å². The number of nitrogens with one attached hydrogen (secondary N) is 1. The molecule has 3 aromatic carbocycles. The summed E-state index contributed by atoms with van der Waals surface area (Å²) in [5.74, 6) is -0.964. The molecule has 2 N–H and O–H groups in total. The minimum Gasteiger partial charge on any atom is -0.396 e. The fraction of sp³-hybridized carbons (Fsp3) is 0.286. The molecular weight excluding hydrogens is 526 g/mol. The van der Waals surface area contributed by atoms with Crippen molar-refractivity contribution in [2.75, 3.05) is 26.0 Å². The van der Waals surface area contributed by atoms with Gasteiger partial charge in [-0.1, -0.05) is 84.4 Å². The zero-order valence-electron chi connectivity index (χ0n) is 21.2. The number of carbonyl (C=O) groups is 2. The van der Waals surface area contributed by atoms with Crippen LogP contribution in [0.3, 0.4) is 0 Å². The molecule has 0 aliphatic carbocycles. The van der Waals surface area contributed by atoms with Crippen molar-refractivity contribution in [3.8, 4) is 0 Å². The van der Waals surface area contributed by atoms with E-state index >= 15 is 0 Å². The number of rotatable bonds is 13. The summed E-state index contributed by atoms with van der Waals surface area (Å²) < 4.78 is 26.5. The minimum absolute atomic E-state index is 0.0128. The van der Waals surface area contributed by atoms with Crippen LogP contribution in [0.25, 0.3) is 0 Å². The number of carbonyl (C=O) groups excluding carboxylic acids is 2. The molecule has 0 spiro atoms. The third-order valence-electron chi connectivity index (χ3n) is 5.88. The molecule has 0 aliphatic heterocycles. The van der Waals surface area contributed by atoms with Crippen LogP contribution in [0, 0.1) is 0 Å². The maximum Gasteiger partial charge on any atom is 0.247 e. The summed E-state index contributed by atoms with van der Waals surface area (Å²) in [6, 6.07) is 23.7. The SMILES string of the molecule is CS(=O)(=O)N(CC(=O)N(Cc1ccc(Cl)cc1)[C@@H](C(=O)NCCCO)c1ccccc1)Cc1ccccc1. The first kappa shape index (κ1) is 29.3. The Morgan fingerprint density at radius 2 is 1.47 bits per heavy atom. The molecule has 0 heterocycles. The summed E-state index contributed by atoms with van der Waals surface area (Å²) in [7, 11) is -3.76. The van der Waals surface area contributed by atoms with E-state index in [0.29, 0.717) is 17.0 Å². The van der Waals surface area contributed by atoms with E-state index in [0.717, 1.165) is 21.7 Å². The molecule has 202 valence electrons. The normalized spacial score (nSPS) is 12.2. The molecule has 0 saturated carbocycles. The lowest BCUT2D eigenvalue weighted by Gasteiger charge is -2.33. The van der Waals surface area contributed by atoms with Gasteiger partial charge < -0.3 is 15.3 Å². The number of hydrogen-bond donors (Lipinski definition) is 2. The zero-order chi connectivity index (χ0) is 27.5. The van der Waals surface area contributed by atoms with Gasteiger partial charge >= 0.3 is 0 Å². The Morgan fingerprint density at radius 3 is 2.05 bits per heavy atom. The first-order chi connectivity index (χ1) is 18.2. The predicted molar refractivity (Wildman–Crippen MR) is 148 cm³/mol. The standard InChI is InChI=1S/C28H32ClN3O5S/c1-38(36,37)31(19-22-9-4-2-5-10-22)21-26(34)32(20-23-13-15-25(29)16-14-23)27(24-11-6-3-7-12-24)28(35)30-17-8-18-33/h2-7,9-16,27,33H,8,17-21H2,1H3,(H,30,35)/t27-/m1/s1. The Morgan fingerprint density at radius 1 is 0.895 bits per heavy atom. The molecule has 8 nitrogen and oxygen atoms in total. The highest BCUT2D eigenvalue weighted by molar-refractivity contribution is 7.88. The van der Waals surface area contributed by atoms with Gasteiger partial charge in [-0.15, -0.1) is 0 Å². The lowest BCUT2D eigenvalue weighted by molar-refractivity contribution is -0.141. The van der Waals surface area contributed by atoms with Gasteiger partial charge in [0.2, 0.25) is 21.8 Å². The molecule has 0 aliphatic rings. The summed E-state index contributed by atoms with van der Waals surface area (Å²) in [6.07, 6.45) is 1.42. The highest BCUT2D eigenvalue weighted by atomic mass is 35.5. The fourth-order valence-corrected chi connectivity index (χ4v) is 4.78. The van der Waals surface area contributed by atoms with Crippen molar-refractivity contribution in [2.45, 2.75) is 25.6 Å². The van der Waals surface area contributed by atoms with Crippen molar-refractivity contribution in [3.05, 3.63) is 107 Å². The first-order valence-corrected chi connectivity index (χ1v) is 14.4. The van der Waals surface area contributed by atoms with Gasteiger partial charge in [0.25, 0.3) is 0 Å². The molecule has 10 heteroatoms. The summed E-state index contributed by atoms with van der Waals surface area (Å²) in [5, 5.41) is 12.5. The van der Waals surface area contributed by atoms with E-state index in [9.17, 15) is 18.0 Å². The van der Waals surface area contributed by atoms with Crippen molar-refractivity contribution < 1.29 is 23.1 Å². The van der Waals surface area contributed by atoms with E-state index in [1.807, 2.05) is 6.07 Å². The number of hydrogen-bond acceptors (Lipinski definition) is 5. The summed E-state index contributed by atoms with van der Waals surface area (Å²) in [5.41, 5.74) is 2.03. The monoisotopic (exact) mass is 557 g/mol. The Balaban J connectivity index is 1.99. The van der Waals surface area contributed by atoms with Crippen molar-refractivity contribution >= 4 is 33.4 Å². The van der Waals surface area contributed by atoms with Gasteiger partial charge in [0.05, 0.1) is 12.8 Å². The van der Waals surface area contributed by atoms with Crippen LogP contribution in [0.1, 0.15) is 29.2 Å². The Labute approximate surface area is 228 Å². The van der Waals surface area contributed by atoms with E-state index in [2.05, 4.69) is 5.32 Å². The Bertz CT molecular complexity index is 1290. The summed E-state index contributed by atoms with van der Waals surface area (Å²) in [6.45, 7) is -0.253. The van der Waals surface area contributed by atoms with Crippen molar-refractivity contribution in [3.63, 3.8) is 0 Å². The second-order valence-corrected chi connectivity index (χ2v) is 11.3. The number of nitrogens with zero attached hydrogens (tertiary/aromatic N) is 2. The lowest BCUT2D eigenvalue weighted by Crippen LogP contribution is -2.48. The van der Waals surface area contributed by atoms with Gasteiger partial charge in [0, 0.05) is 31.3 Å². The Hall–Kier alpha value is -3.24. The minimum atomic E-state index is -3.76. The molecule has 0 fully saturated rings. The van der Waals surface area contributed by atoms with E-state index in [1.54, 1.807) is 78.9 Å². The van der Waals surface area contributed by atoms with Crippen LogP contribution in [0.4, 0.5) is 0 Å². The number of benzene rings is 3. The molecule has 2 amide bonds. The number of halogens is 1. The summed E-state index contributed by atoms with van der Waals surface area (Å²) >= 11 is 6.05. The van der Waals surface area contributed by atoms with Crippen LogP contribution in [0.5, 0.6) is 0 Å².